The molecule has 0 aliphatic rings. The van der Waals surface area contributed by atoms with Gasteiger partial charge in [0.15, 0.2) is 5.84 Å². The summed E-state index contributed by atoms with van der Waals surface area (Å²) in [6, 6.07) is 7.53. The molecule has 5 N–H and O–H groups in total. The van der Waals surface area contributed by atoms with Gasteiger partial charge in [-0.25, -0.2) is 0 Å². The van der Waals surface area contributed by atoms with Crippen molar-refractivity contribution in [2.75, 3.05) is 13.2 Å². The molecule has 5 nitrogen and oxygen atoms in total. The second kappa shape index (κ2) is 7.65. The van der Waals surface area contributed by atoms with E-state index in [-0.39, 0.29) is 12.4 Å². The van der Waals surface area contributed by atoms with Gasteiger partial charge in [-0.2, -0.15) is 0 Å². The van der Waals surface area contributed by atoms with E-state index in [0.717, 1.165) is 31.5 Å². The molecule has 0 atom stereocenters. The highest BCUT2D eigenvalue weighted by atomic mass is 16.4. The van der Waals surface area contributed by atoms with Gasteiger partial charge in [-0.15, -0.1) is 0 Å². The number of unbranched alkanes of at least 4 members (excludes halogenated alkanes) is 1. The minimum Gasteiger partial charge on any atom is -0.409 e. The van der Waals surface area contributed by atoms with Gasteiger partial charge in [-0.05, 0) is 31.0 Å². The van der Waals surface area contributed by atoms with Gasteiger partial charge < -0.3 is 21.4 Å². The molecule has 5 heteroatoms. The molecule has 94 valence electrons. The molecule has 1 aromatic carbocycles. The predicted octanol–water partition coefficient (Wildman–Crippen LogP) is 0.643. The maximum absolute atomic E-state index is 8.63. The Morgan fingerprint density at radius 3 is 2.88 bits per heavy atom. The van der Waals surface area contributed by atoms with Crippen LogP contribution in [0.5, 0.6) is 0 Å². The number of benzene rings is 1. The maximum atomic E-state index is 8.63. The summed E-state index contributed by atoms with van der Waals surface area (Å²) < 4.78 is 0. The molecule has 17 heavy (non-hydrogen) atoms. The van der Waals surface area contributed by atoms with Crippen molar-refractivity contribution in [2.45, 2.75) is 19.4 Å². The molecule has 0 aliphatic carbocycles. The summed E-state index contributed by atoms with van der Waals surface area (Å²) in [4.78, 5) is 0. The van der Waals surface area contributed by atoms with E-state index in [0.29, 0.717) is 5.56 Å². The molecule has 0 saturated carbocycles. The van der Waals surface area contributed by atoms with Gasteiger partial charge in [0.05, 0.1) is 0 Å². The zero-order valence-electron chi connectivity index (χ0n) is 9.76. The number of amidine groups is 1. The Hall–Kier alpha value is -1.59. The third-order valence-electron chi connectivity index (χ3n) is 2.42. The van der Waals surface area contributed by atoms with E-state index < -0.39 is 0 Å². The van der Waals surface area contributed by atoms with E-state index >= 15 is 0 Å². The first-order valence-electron chi connectivity index (χ1n) is 5.66. The lowest BCUT2D eigenvalue weighted by Gasteiger charge is -2.06. The summed E-state index contributed by atoms with van der Waals surface area (Å²) in [7, 11) is 0. The van der Waals surface area contributed by atoms with Crippen LogP contribution in [0.15, 0.2) is 29.4 Å². The Labute approximate surface area is 101 Å². The number of aliphatic hydroxyl groups is 1. The number of nitrogens with one attached hydrogen (secondary N) is 1. The fourth-order valence-electron chi connectivity index (χ4n) is 1.49. The van der Waals surface area contributed by atoms with Gasteiger partial charge in [-0.1, -0.05) is 23.4 Å². The van der Waals surface area contributed by atoms with E-state index in [2.05, 4.69) is 10.5 Å². The molecule has 0 aliphatic heterocycles. The number of oxime groups is 1. The minimum atomic E-state index is 0.118. The maximum Gasteiger partial charge on any atom is 0.170 e. The molecule has 0 radical (unpaired) electrons. The molecule has 0 amide bonds. The lowest BCUT2D eigenvalue weighted by atomic mass is 10.1. The number of rotatable bonds is 7. The van der Waals surface area contributed by atoms with E-state index in [1.165, 1.54) is 0 Å². The van der Waals surface area contributed by atoms with Crippen LogP contribution in [0.2, 0.25) is 0 Å². The van der Waals surface area contributed by atoms with Crippen molar-refractivity contribution in [3.63, 3.8) is 0 Å². The van der Waals surface area contributed by atoms with E-state index in [4.69, 9.17) is 16.0 Å². The normalized spacial score (nSPS) is 11.7. The molecule has 0 spiro atoms. The molecule has 0 heterocycles. The summed E-state index contributed by atoms with van der Waals surface area (Å²) in [5.74, 6) is 0.118. The number of nitrogens with zero attached hydrogens (tertiary/aromatic N) is 1. The number of hydrogen-bond acceptors (Lipinski definition) is 4. The Morgan fingerprint density at radius 2 is 2.18 bits per heavy atom. The first-order valence-corrected chi connectivity index (χ1v) is 5.66. The average Bonchev–Trinajstić information content (AvgIpc) is 2.38. The van der Waals surface area contributed by atoms with Crippen molar-refractivity contribution in [1.29, 1.82) is 0 Å². The van der Waals surface area contributed by atoms with Gasteiger partial charge in [0.1, 0.15) is 0 Å². The van der Waals surface area contributed by atoms with Crippen LogP contribution in [-0.2, 0) is 6.54 Å². The first-order chi connectivity index (χ1) is 8.27. The van der Waals surface area contributed by atoms with E-state index in [1.54, 1.807) is 6.07 Å². The molecule has 0 bridgehead atoms. The zero-order chi connectivity index (χ0) is 12.5. The standard InChI is InChI=1S/C12H19N3O2/c13-12(15-17)11-5-3-4-10(8-11)9-14-6-1-2-7-16/h3-5,8,14,16-17H,1-2,6-7,9H2,(H2,13,15). The Bertz CT molecular complexity index is 367. The highest BCUT2D eigenvalue weighted by Crippen LogP contribution is 2.04. The van der Waals surface area contributed by atoms with Crippen LogP contribution in [0, 0.1) is 0 Å². The van der Waals surface area contributed by atoms with Crippen molar-refractivity contribution in [3.05, 3.63) is 35.4 Å². The average molecular weight is 237 g/mol. The summed E-state index contributed by atoms with van der Waals surface area (Å²) in [5, 5.41) is 23.4. The Morgan fingerprint density at radius 1 is 1.35 bits per heavy atom. The van der Waals surface area contributed by atoms with Crippen LogP contribution in [0.3, 0.4) is 0 Å². The van der Waals surface area contributed by atoms with Crippen LogP contribution < -0.4 is 11.1 Å². The second-order valence-electron chi connectivity index (χ2n) is 3.79. The minimum absolute atomic E-state index is 0.118. The van der Waals surface area contributed by atoms with Crippen LogP contribution in [0.4, 0.5) is 0 Å². The van der Waals surface area contributed by atoms with Crippen molar-refractivity contribution < 1.29 is 10.3 Å². The second-order valence-corrected chi connectivity index (χ2v) is 3.79. The topological polar surface area (TPSA) is 90.9 Å². The SMILES string of the molecule is N/C(=N/O)c1cccc(CNCCCCO)c1. The Balaban J connectivity index is 2.43. The van der Waals surface area contributed by atoms with Crippen molar-refractivity contribution >= 4 is 5.84 Å². The Kier molecular flexibility index (Phi) is 6.06. The fourth-order valence-corrected chi connectivity index (χ4v) is 1.49. The third kappa shape index (κ3) is 4.84. The van der Waals surface area contributed by atoms with Gasteiger partial charge in [0.2, 0.25) is 0 Å². The number of hydrogen-bond donors (Lipinski definition) is 4. The summed E-state index contributed by atoms with van der Waals surface area (Å²) in [5.41, 5.74) is 7.30. The molecule has 0 aromatic heterocycles. The van der Waals surface area contributed by atoms with Crippen LogP contribution in [0.1, 0.15) is 24.0 Å². The lowest BCUT2D eigenvalue weighted by Crippen LogP contribution is -2.17. The molecule has 1 rings (SSSR count). The third-order valence-corrected chi connectivity index (χ3v) is 2.42. The molecular formula is C12H19N3O2. The van der Waals surface area contributed by atoms with Gasteiger partial charge in [0, 0.05) is 18.7 Å². The van der Waals surface area contributed by atoms with Crippen molar-refractivity contribution in [1.82, 2.24) is 5.32 Å². The zero-order valence-corrected chi connectivity index (χ0v) is 9.76. The highest BCUT2D eigenvalue weighted by molar-refractivity contribution is 5.97. The largest absolute Gasteiger partial charge is 0.409 e. The summed E-state index contributed by atoms with van der Waals surface area (Å²) >= 11 is 0. The van der Waals surface area contributed by atoms with Gasteiger partial charge in [0.25, 0.3) is 0 Å². The van der Waals surface area contributed by atoms with Crippen molar-refractivity contribution in [3.8, 4) is 0 Å². The molecule has 0 fully saturated rings. The molecule has 0 unspecified atom stereocenters. The molecule has 0 saturated heterocycles. The summed E-state index contributed by atoms with van der Waals surface area (Å²) in [6.45, 7) is 1.84. The fraction of sp³-hybridized carbons (Fsp3) is 0.417. The quantitative estimate of drug-likeness (QED) is 0.184. The van der Waals surface area contributed by atoms with Crippen LogP contribution in [-0.4, -0.2) is 29.3 Å². The monoisotopic (exact) mass is 237 g/mol. The van der Waals surface area contributed by atoms with E-state index in [1.807, 2.05) is 18.2 Å². The van der Waals surface area contributed by atoms with Gasteiger partial charge in [-0.3, -0.25) is 0 Å². The number of nitrogens with two attached hydrogens (primary N) is 1. The lowest BCUT2D eigenvalue weighted by molar-refractivity contribution is 0.283. The van der Waals surface area contributed by atoms with Crippen LogP contribution in [0.25, 0.3) is 0 Å². The van der Waals surface area contributed by atoms with Crippen LogP contribution >= 0.6 is 0 Å². The molecule has 1 aromatic rings. The predicted molar refractivity (Wildman–Crippen MR) is 67.0 cm³/mol. The van der Waals surface area contributed by atoms with Gasteiger partial charge >= 0.3 is 0 Å². The summed E-state index contributed by atoms with van der Waals surface area (Å²) in [6.07, 6.45) is 1.77. The highest BCUT2D eigenvalue weighted by Gasteiger charge is 2.00. The smallest absolute Gasteiger partial charge is 0.170 e. The van der Waals surface area contributed by atoms with Crippen molar-refractivity contribution in [2.24, 2.45) is 10.9 Å². The first kappa shape index (κ1) is 13.5. The number of aliphatic hydroxyl groups excluding tert-OH is 1. The van der Waals surface area contributed by atoms with E-state index in [9.17, 15) is 0 Å². The molecular weight excluding hydrogens is 218 g/mol.